The molecule has 0 amide bonds. The van der Waals surface area contributed by atoms with Gasteiger partial charge in [-0.05, 0) is 26.2 Å². The van der Waals surface area contributed by atoms with Gasteiger partial charge >= 0.3 is 0 Å². The van der Waals surface area contributed by atoms with E-state index in [0.717, 1.165) is 13.2 Å². The summed E-state index contributed by atoms with van der Waals surface area (Å²) < 4.78 is 6.04. The molecule has 0 radical (unpaired) electrons. The van der Waals surface area contributed by atoms with E-state index in [4.69, 9.17) is 4.74 Å². The average Bonchev–Trinajstić information content (AvgIpc) is 2.32. The van der Waals surface area contributed by atoms with E-state index >= 15 is 0 Å². The predicted molar refractivity (Wildman–Crippen MR) is 53.8 cm³/mol. The van der Waals surface area contributed by atoms with Crippen LogP contribution in [0.25, 0.3) is 0 Å². The Morgan fingerprint density at radius 2 is 2.00 bits per heavy atom. The van der Waals surface area contributed by atoms with E-state index in [0.29, 0.717) is 6.04 Å². The van der Waals surface area contributed by atoms with Crippen LogP contribution in [0.3, 0.4) is 0 Å². The molecule has 1 aliphatic heterocycles. The van der Waals surface area contributed by atoms with E-state index < -0.39 is 0 Å². The van der Waals surface area contributed by atoms with Crippen LogP contribution < -0.4 is 5.32 Å². The van der Waals surface area contributed by atoms with Gasteiger partial charge in [0, 0.05) is 19.2 Å². The van der Waals surface area contributed by atoms with E-state index in [1.165, 1.54) is 38.5 Å². The zero-order chi connectivity index (χ0) is 9.15. The zero-order valence-corrected chi connectivity index (χ0v) is 8.64. The van der Waals surface area contributed by atoms with Gasteiger partial charge in [-0.1, -0.05) is 19.3 Å². The molecule has 0 aromatic carbocycles. The second kappa shape index (κ2) is 3.97. The topological polar surface area (TPSA) is 21.3 Å². The van der Waals surface area contributed by atoms with Crippen molar-refractivity contribution in [1.29, 1.82) is 0 Å². The summed E-state index contributed by atoms with van der Waals surface area (Å²) in [5.41, 5.74) is 0.211. The quantitative estimate of drug-likeness (QED) is 0.621. The lowest BCUT2D eigenvalue weighted by molar-refractivity contribution is -0.0581. The van der Waals surface area contributed by atoms with Crippen molar-refractivity contribution in [2.24, 2.45) is 0 Å². The maximum atomic E-state index is 6.04. The van der Waals surface area contributed by atoms with Gasteiger partial charge in [0.05, 0.1) is 5.60 Å². The fourth-order valence-corrected chi connectivity index (χ4v) is 2.48. The van der Waals surface area contributed by atoms with Crippen LogP contribution in [-0.4, -0.2) is 24.8 Å². The van der Waals surface area contributed by atoms with Gasteiger partial charge < -0.3 is 10.1 Å². The van der Waals surface area contributed by atoms with Gasteiger partial charge in [0.15, 0.2) is 0 Å². The standard InChI is InChI=1S/C11H21NO/c1-10-5-8-13-11(9-12-10)6-3-2-4-7-11/h10,12H,2-9H2,1H3. The van der Waals surface area contributed by atoms with Crippen LogP contribution in [0.4, 0.5) is 0 Å². The van der Waals surface area contributed by atoms with Gasteiger partial charge in [-0.2, -0.15) is 0 Å². The fourth-order valence-electron chi connectivity index (χ4n) is 2.48. The van der Waals surface area contributed by atoms with Crippen LogP contribution in [0.2, 0.25) is 0 Å². The number of nitrogens with one attached hydrogen (secondary N) is 1. The fraction of sp³-hybridized carbons (Fsp3) is 1.00. The first-order chi connectivity index (χ1) is 6.31. The summed E-state index contributed by atoms with van der Waals surface area (Å²) in [5, 5.41) is 3.58. The molecule has 1 saturated heterocycles. The van der Waals surface area contributed by atoms with E-state index in [1.807, 2.05) is 0 Å². The monoisotopic (exact) mass is 183 g/mol. The number of hydrogen-bond donors (Lipinski definition) is 1. The van der Waals surface area contributed by atoms with E-state index in [9.17, 15) is 0 Å². The molecule has 0 aromatic rings. The summed E-state index contributed by atoms with van der Waals surface area (Å²) in [6.45, 7) is 4.29. The highest BCUT2D eigenvalue weighted by molar-refractivity contribution is 4.89. The average molecular weight is 183 g/mol. The van der Waals surface area contributed by atoms with Gasteiger partial charge in [-0.25, -0.2) is 0 Å². The molecule has 1 spiro atoms. The maximum Gasteiger partial charge on any atom is 0.0806 e. The summed E-state index contributed by atoms with van der Waals surface area (Å²) in [5.74, 6) is 0. The molecule has 1 atom stereocenters. The van der Waals surface area contributed by atoms with Crippen molar-refractivity contribution in [2.45, 2.75) is 57.1 Å². The first-order valence-electron chi connectivity index (χ1n) is 5.68. The van der Waals surface area contributed by atoms with Gasteiger partial charge in [-0.15, -0.1) is 0 Å². The normalized spacial score (nSPS) is 34.4. The molecule has 1 heterocycles. The van der Waals surface area contributed by atoms with Crippen molar-refractivity contribution >= 4 is 0 Å². The second-order valence-electron chi connectivity index (χ2n) is 4.66. The molecule has 2 nitrogen and oxygen atoms in total. The minimum atomic E-state index is 0.211. The van der Waals surface area contributed by atoms with Gasteiger partial charge in [0.2, 0.25) is 0 Å². The van der Waals surface area contributed by atoms with Gasteiger partial charge in [0.25, 0.3) is 0 Å². The van der Waals surface area contributed by atoms with Crippen molar-refractivity contribution in [2.75, 3.05) is 13.2 Å². The van der Waals surface area contributed by atoms with E-state index in [2.05, 4.69) is 12.2 Å². The smallest absolute Gasteiger partial charge is 0.0806 e. The van der Waals surface area contributed by atoms with Crippen molar-refractivity contribution in [1.82, 2.24) is 5.32 Å². The third-order valence-corrected chi connectivity index (χ3v) is 3.50. The molecule has 2 fully saturated rings. The summed E-state index contributed by atoms with van der Waals surface area (Å²) in [6.07, 6.45) is 7.83. The molecule has 76 valence electrons. The Kier molecular flexibility index (Phi) is 2.89. The SMILES string of the molecule is CC1CCOC2(CCCCC2)CN1. The summed E-state index contributed by atoms with van der Waals surface area (Å²) in [4.78, 5) is 0. The zero-order valence-electron chi connectivity index (χ0n) is 8.64. The second-order valence-corrected chi connectivity index (χ2v) is 4.66. The third-order valence-electron chi connectivity index (χ3n) is 3.50. The Labute approximate surface area is 81.0 Å². The van der Waals surface area contributed by atoms with Crippen LogP contribution in [0.5, 0.6) is 0 Å². The first kappa shape index (κ1) is 9.47. The Hall–Kier alpha value is -0.0800. The number of hydrogen-bond acceptors (Lipinski definition) is 2. The summed E-state index contributed by atoms with van der Waals surface area (Å²) >= 11 is 0. The van der Waals surface area contributed by atoms with Crippen molar-refractivity contribution in [3.63, 3.8) is 0 Å². The minimum Gasteiger partial charge on any atom is -0.374 e. The molecule has 2 rings (SSSR count). The first-order valence-corrected chi connectivity index (χ1v) is 5.68. The van der Waals surface area contributed by atoms with Crippen molar-refractivity contribution in [3.8, 4) is 0 Å². The molecule has 1 N–H and O–H groups in total. The lowest BCUT2D eigenvalue weighted by Crippen LogP contribution is -2.44. The molecule has 2 aliphatic rings. The molecular formula is C11H21NO. The van der Waals surface area contributed by atoms with Gasteiger partial charge in [0.1, 0.15) is 0 Å². The van der Waals surface area contributed by atoms with Gasteiger partial charge in [-0.3, -0.25) is 0 Å². The molecule has 1 saturated carbocycles. The van der Waals surface area contributed by atoms with E-state index in [1.54, 1.807) is 0 Å². The largest absolute Gasteiger partial charge is 0.374 e. The predicted octanol–water partition coefficient (Wildman–Crippen LogP) is 2.09. The Balaban J connectivity index is 1.95. The van der Waals surface area contributed by atoms with Crippen molar-refractivity contribution < 1.29 is 4.74 Å². The Morgan fingerprint density at radius 3 is 2.77 bits per heavy atom. The summed E-state index contributed by atoms with van der Waals surface area (Å²) in [6, 6.07) is 0.640. The van der Waals surface area contributed by atoms with Crippen LogP contribution in [0.1, 0.15) is 45.4 Å². The Bertz CT molecular complexity index is 163. The maximum absolute atomic E-state index is 6.04. The van der Waals surface area contributed by atoms with Crippen molar-refractivity contribution in [3.05, 3.63) is 0 Å². The molecule has 2 heteroatoms. The van der Waals surface area contributed by atoms with Crippen LogP contribution in [0, 0.1) is 0 Å². The number of rotatable bonds is 0. The van der Waals surface area contributed by atoms with Crippen LogP contribution in [0.15, 0.2) is 0 Å². The van der Waals surface area contributed by atoms with Crippen LogP contribution in [-0.2, 0) is 4.74 Å². The summed E-state index contributed by atoms with van der Waals surface area (Å²) in [7, 11) is 0. The lowest BCUT2D eigenvalue weighted by atomic mass is 9.84. The molecule has 0 bridgehead atoms. The minimum absolute atomic E-state index is 0.211. The highest BCUT2D eigenvalue weighted by Crippen LogP contribution is 2.32. The number of ether oxygens (including phenoxy) is 1. The third kappa shape index (κ3) is 2.23. The lowest BCUT2D eigenvalue weighted by Gasteiger charge is -2.36. The highest BCUT2D eigenvalue weighted by Gasteiger charge is 2.34. The van der Waals surface area contributed by atoms with E-state index in [-0.39, 0.29) is 5.60 Å². The Morgan fingerprint density at radius 1 is 1.23 bits per heavy atom. The molecule has 1 unspecified atom stereocenters. The molecule has 1 aliphatic carbocycles. The molecular weight excluding hydrogens is 162 g/mol. The van der Waals surface area contributed by atoms with Crippen LogP contribution >= 0.6 is 0 Å². The molecule has 0 aromatic heterocycles. The highest BCUT2D eigenvalue weighted by atomic mass is 16.5. The molecule has 13 heavy (non-hydrogen) atoms.